The SMILES string of the molecule is CC1Cc2cc(N)ccc2N1C(=O)c1cc(Cl)ccc1I. The van der Waals surface area contributed by atoms with Crippen molar-refractivity contribution >= 4 is 51.5 Å². The van der Waals surface area contributed by atoms with E-state index >= 15 is 0 Å². The van der Waals surface area contributed by atoms with Crippen molar-refractivity contribution in [2.45, 2.75) is 19.4 Å². The lowest BCUT2D eigenvalue weighted by atomic mass is 10.1. The second-order valence-electron chi connectivity index (χ2n) is 5.24. The summed E-state index contributed by atoms with van der Waals surface area (Å²) in [5.41, 5.74) is 9.26. The average Bonchev–Trinajstić information content (AvgIpc) is 2.75. The first-order valence-electron chi connectivity index (χ1n) is 6.64. The molecule has 2 N–H and O–H groups in total. The van der Waals surface area contributed by atoms with Crippen LogP contribution >= 0.6 is 34.2 Å². The summed E-state index contributed by atoms with van der Waals surface area (Å²) in [6.45, 7) is 2.05. The number of amides is 1. The molecule has 0 aromatic heterocycles. The number of nitrogen functional groups attached to an aromatic ring is 1. The lowest BCUT2D eigenvalue weighted by Crippen LogP contribution is -2.36. The summed E-state index contributed by atoms with van der Waals surface area (Å²) in [7, 11) is 0. The summed E-state index contributed by atoms with van der Waals surface area (Å²) >= 11 is 8.20. The predicted octanol–water partition coefficient (Wildman–Crippen LogP) is 4.12. The molecule has 3 nitrogen and oxygen atoms in total. The Kier molecular flexibility index (Phi) is 3.84. The number of rotatable bonds is 1. The first kappa shape index (κ1) is 14.7. The molecule has 1 unspecified atom stereocenters. The Hall–Kier alpha value is -1.27. The Balaban J connectivity index is 2.05. The highest BCUT2D eigenvalue weighted by atomic mass is 127. The number of nitrogens with zero attached hydrogens (tertiary/aromatic N) is 1. The number of nitrogens with two attached hydrogens (primary N) is 1. The quantitative estimate of drug-likeness (QED) is 0.566. The van der Waals surface area contributed by atoms with Gasteiger partial charge >= 0.3 is 0 Å². The van der Waals surface area contributed by atoms with Crippen molar-refractivity contribution in [2.75, 3.05) is 10.6 Å². The predicted molar refractivity (Wildman–Crippen MR) is 95.0 cm³/mol. The Morgan fingerprint density at radius 2 is 2.10 bits per heavy atom. The van der Waals surface area contributed by atoms with Crippen LogP contribution < -0.4 is 10.6 Å². The summed E-state index contributed by atoms with van der Waals surface area (Å²) in [6, 6.07) is 11.2. The molecule has 21 heavy (non-hydrogen) atoms. The maximum atomic E-state index is 12.9. The zero-order chi connectivity index (χ0) is 15.1. The van der Waals surface area contributed by atoms with Crippen LogP contribution in [0.15, 0.2) is 36.4 Å². The van der Waals surface area contributed by atoms with Gasteiger partial charge in [0.15, 0.2) is 0 Å². The molecule has 1 aliphatic heterocycles. The molecule has 0 radical (unpaired) electrons. The molecular formula is C16H14ClIN2O. The third-order valence-corrected chi connectivity index (χ3v) is 4.87. The lowest BCUT2D eigenvalue weighted by molar-refractivity contribution is 0.0980. The third-order valence-electron chi connectivity index (χ3n) is 3.70. The van der Waals surface area contributed by atoms with Crippen LogP contribution in [0.5, 0.6) is 0 Å². The van der Waals surface area contributed by atoms with Crippen LogP contribution in [0.4, 0.5) is 11.4 Å². The molecule has 1 amide bonds. The van der Waals surface area contributed by atoms with Crippen LogP contribution in [0.25, 0.3) is 0 Å². The van der Waals surface area contributed by atoms with Crippen LogP contribution in [0.2, 0.25) is 5.02 Å². The van der Waals surface area contributed by atoms with Crippen molar-refractivity contribution < 1.29 is 4.79 Å². The number of carbonyl (C=O) groups excluding carboxylic acids is 1. The van der Waals surface area contributed by atoms with Gasteiger partial charge in [-0.25, -0.2) is 0 Å². The van der Waals surface area contributed by atoms with Gasteiger partial charge in [0.1, 0.15) is 0 Å². The fourth-order valence-corrected chi connectivity index (χ4v) is 3.49. The maximum Gasteiger partial charge on any atom is 0.259 e. The summed E-state index contributed by atoms with van der Waals surface area (Å²) in [4.78, 5) is 14.7. The van der Waals surface area contributed by atoms with Crippen LogP contribution in [0, 0.1) is 3.57 Å². The first-order valence-corrected chi connectivity index (χ1v) is 8.10. The fraction of sp³-hybridized carbons (Fsp3) is 0.188. The van der Waals surface area contributed by atoms with Crippen LogP contribution in [0.3, 0.4) is 0 Å². The standard InChI is InChI=1S/C16H14ClIN2O/c1-9-6-10-7-12(19)3-5-15(10)20(9)16(21)13-8-11(17)2-4-14(13)18/h2-5,7-9H,6,19H2,1H3. The molecule has 2 aromatic carbocycles. The van der Waals surface area contributed by atoms with E-state index < -0.39 is 0 Å². The van der Waals surface area contributed by atoms with Gasteiger partial charge in [0.05, 0.1) is 5.56 Å². The molecule has 0 saturated carbocycles. The van der Waals surface area contributed by atoms with Crippen molar-refractivity contribution in [2.24, 2.45) is 0 Å². The second-order valence-corrected chi connectivity index (χ2v) is 6.84. The molecule has 5 heteroatoms. The average molecular weight is 413 g/mol. The Bertz CT molecular complexity index is 732. The minimum Gasteiger partial charge on any atom is -0.399 e. The molecule has 3 rings (SSSR count). The molecule has 0 saturated heterocycles. The largest absolute Gasteiger partial charge is 0.399 e. The molecule has 0 aliphatic carbocycles. The minimum atomic E-state index is -0.0158. The fourth-order valence-electron chi connectivity index (χ4n) is 2.75. The van der Waals surface area contributed by atoms with Gasteiger partial charge in [0, 0.05) is 26.0 Å². The monoisotopic (exact) mass is 412 g/mol. The van der Waals surface area contributed by atoms with Gasteiger partial charge in [-0.15, -0.1) is 0 Å². The molecule has 2 aromatic rings. The molecule has 1 aliphatic rings. The number of hydrogen-bond acceptors (Lipinski definition) is 2. The van der Waals surface area contributed by atoms with E-state index in [9.17, 15) is 4.79 Å². The number of fused-ring (bicyclic) bond motifs is 1. The number of carbonyl (C=O) groups is 1. The molecule has 1 heterocycles. The van der Waals surface area contributed by atoms with Gasteiger partial charge in [-0.3, -0.25) is 4.79 Å². The molecule has 0 fully saturated rings. The van der Waals surface area contributed by atoms with Crippen LogP contribution in [-0.2, 0) is 6.42 Å². The van der Waals surface area contributed by atoms with Gasteiger partial charge in [-0.1, -0.05) is 11.6 Å². The van der Waals surface area contributed by atoms with E-state index in [0.29, 0.717) is 10.6 Å². The summed E-state index contributed by atoms with van der Waals surface area (Å²) < 4.78 is 0.901. The van der Waals surface area contributed by atoms with Gasteiger partial charge in [0.2, 0.25) is 0 Å². The van der Waals surface area contributed by atoms with E-state index in [1.54, 1.807) is 12.1 Å². The first-order chi connectivity index (χ1) is 9.97. The smallest absolute Gasteiger partial charge is 0.259 e. The maximum absolute atomic E-state index is 12.9. The number of hydrogen-bond donors (Lipinski definition) is 1. The number of halogens is 2. The summed E-state index contributed by atoms with van der Waals surface area (Å²) in [5, 5.41) is 0.572. The molecule has 0 bridgehead atoms. The van der Waals surface area contributed by atoms with Crippen LogP contribution in [-0.4, -0.2) is 11.9 Å². The van der Waals surface area contributed by atoms with Gasteiger partial charge < -0.3 is 10.6 Å². The topological polar surface area (TPSA) is 46.3 Å². The number of anilines is 2. The zero-order valence-corrected chi connectivity index (χ0v) is 14.4. The van der Waals surface area contributed by atoms with Crippen molar-refractivity contribution in [3.05, 3.63) is 56.1 Å². The molecular weight excluding hydrogens is 399 g/mol. The Morgan fingerprint density at radius 3 is 2.86 bits per heavy atom. The van der Waals surface area contributed by atoms with Crippen molar-refractivity contribution in [1.29, 1.82) is 0 Å². The van der Waals surface area contributed by atoms with Gasteiger partial charge in [-0.2, -0.15) is 0 Å². The lowest BCUT2D eigenvalue weighted by Gasteiger charge is -2.23. The van der Waals surface area contributed by atoms with E-state index in [0.717, 1.165) is 26.9 Å². The normalized spacial score (nSPS) is 16.9. The van der Waals surface area contributed by atoms with E-state index in [1.165, 1.54) is 0 Å². The van der Waals surface area contributed by atoms with Crippen molar-refractivity contribution in [1.82, 2.24) is 0 Å². The Morgan fingerprint density at radius 1 is 1.33 bits per heavy atom. The third kappa shape index (κ3) is 2.62. The highest BCUT2D eigenvalue weighted by Gasteiger charge is 2.32. The van der Waals surface area contributed by atoms with Crippen molar-refractivity contribution in [3.63, 3.8) is 0 Å². The second kappa shape index (κ2) is 5.50. The van der Waals surface area contributed by atoms with E-state index in [4.69, 9.17) is 17.3 Å². The highest BCUT2D eigenvalue weighted by Crippen LogP contribution is 2.35. The minimum absolute atomic E-state index is 0.0158. The molecule has 1 atom stereocenters. The van der Waals surface area contributed by atoms with Crippen molar-refractivity contribution in [3.8, 4) is 0 Å². The van der Waals surface area contributed by atoms with Gasteiger partial charge in [-0.05, 0) is 77.9 Å². The zero-order valence-electron chi connectivity index (χ0n) is 11.4. The highest BCUT2D eigenvalue weighted by molar-refractivity contribution is 14.1. The van der Waals surface area contributed by atoms with E-state index in [1.807, 2.05) is 36.1 Å². The molecule has 0 spiro atoms. The van der Waals surface area contributed by atoms with E-state index in [2.05, 4.69) is 22.6 Å². The van der Waals surface area contributed by atoms with E-state index in [-0.39, 0.29) is 11.9 Å². The van der Waals surface area contributed by atoms with Crippen LogP contribution in [0.1, 0.15) is 22.8 Å². The summed E-state index contributed by atoms with van der Waals surface area (Å²) in [5.74, 6) is -0.0158. The van der Waals surface area contributed by atoms with Gasteiger partial charge in [0.25, 0.3) is 5.91 Å². The molecule has 108 valence electrons. The summed E-state index contributed by atoms with van der Waals surface area (Å²) in [6.07, 6.45) is 0.823. The Labute approximate surface area is 142 Å². The number of benzene rings is 2.